The standard InChI is InChI=1S/C9H7Cl2F3/c10-4-3-6-1-2-8(11)7(5-6)9(12,13)14/h1-2,5H,3-4H2. The lowest BCUT2D eigenvalue weighted by atomic mass is 10.1. The second kappa shape index (κ2) is 4.41. The van der Waals surface area contributed by atoms with Crippen LogP contribution in [0.3, 0.4) is 0 Å². The zero-order valence-corrected chi connectivity index (χ0v) is 8.55. The van der Waals surface area contributed by atoms with Crippen LogP contribution < -0.4 is 0 Å². The molecule has 0 N–H and O–H groups in total. The van der Waals surface area contributed by atoms with E-state index < -0.39 is 11.7 Å². The third-order valence-corrected chi connectivity index (χ3v) is 2.24. The molecule has 0 bridgehead atoms. The molecule has 0 aromatic heterocycles. The molecule has 78 valence electrons. The van der Waals surface area contributed by atoms with E-state index in [1.54, 1.807) is 6.07 Å². The number of hydrogen-bond donors (Lipinski definition) is 0. The Bertz CT molecular complexity index is 320. The summed E-state index contributed by atoms with van der Waals surface area (Å²) in [7, 11) is 0. The molecule has 0 aliphatic heterocycles. The lowest BCUT2D eigenvalue weighted by molar-refractivity contribution is -0.137. The highest BCUT2D eigenvalue weighted by atomic mass is 35.5. The van der Waals surface area contributed by atoms with Gasteiger partial charge >= 0.3 is 6.18 Å². The van der Waals surface area contributed by atoms with Crippen molar-refractivity contribution in [2.24, 2.45) is 0 Å². The average molecular weight is 243 g/mol. The fraction of sp³-hybridized carbons (Fsp3) is 0.333. The SMILES string of the molecule is FC(F)(F)c1cc(CCCl)ccc1Cl. The number of benzene rings is 1. The van der Waals surface area contributed by atoms with Gasteiger partial charge in [0.05, 0.1) is 10.6 Å². The summed E-state index contributed by atoms with van der Waals surface area (Å²) in [5, 5.41) is -0.282. The van der Waals surface area contributed by atoms with Crippen molar-refractivity contribution in [2.75, 3.05) is 5.88 Å². The fourth-order valence-corrected chi connectivity index (χ4v) is 1.50. The van der Waals surface area contributed by atoms with Crippen molar-refractivity contribution < 1.29 is 13.2 Å². The molecule has 0 saturated carbocycles. The predicted molar refractivity (Wildman–Crippen MR) is 50.9 cm³/mol. The summed E-state index contributed by atoms with van der Waals surface area (Å²) < 4.78 is 37.1. The minimum absolute atomic E-state index is 0.282. The summed E-state index contributed by atoms with van der Waals surface area (Å²) in [5.74, 6) is 0.291. The van der Waals surface area contributed by atoms with Crippen molar-refractivity contribution >= 4 is 23.2 Å². The van der Waals surface area contributed by atoms with E-state index in [1.807, 2.05) is 0 Å². The molecular weight excluding hydrogens is 236 g/mol. The fourth-order valence-electron chi connectivity index (χ4n) is 1.05. The Balaban J connectivity index is 3.09. The predicted octanol–water partition coefficient (Wildman–Crippen LogP) is 4.14. The van der Waals surface area contributed by atoms with E-state index in [0.29, 0.717) is 17.9 Å². The van der Waals surface area contributed by atoms with Crippen molar-refractivity contribution in [1.82, 2.24) is 0 Å². The van der Waals surface area contributed by atoms with E-state index in [-0.39, 0.29) is 5.02 Å². The molecule has 1 aromatic rings. The molecule has 0 radical (unpaired) electrons. The topological polar surface area (TPSA) is 0 Å². The lowest BCUT2D eigenvalue weighted by Crippen LogP contribution is -2.06. The molecule has 0 unspecified atom stereocenters. The summed E-state index contributed by atoms with van der Waals surface area (Å²) in [6, 6.07) is 3.82. The minimum Gasteiger partial charge on any atom is -0.166 e. The zero-order chi connectivity index (χ0) is 10.8. The van der Waals surface area contributed by atoms with E-state index in [2.05, 4.69) is 0 Å². The smallest absolute Gasteiger partial charge is 0.166 e. The zero-order valence-electron chi connectivity index (χ0n) is 7.04. The number of halogens is 5. The molecule has 0 fully saturated rings. The van der Waals surface area contributed by atoms with Crippen LogP contribution in [0.1, 0.15) is 11.1 Å². The Morgan fingerprint density at radius 3 is 2.36 bits per heavy atom. The highest BCUT2D eigenvalue weighted by molar-refractivity contribution is 6.31. The molecule has 1 rings (SSSR count). The van der Waals surface area contributed by atoms with Crippen LogP contribution in [0, 0.1) is 0 Å². The molecule has 0 heterocycles. The van der Waals surface area contributed by atoms with Gasteiger partial charge in [0.2, 0.25) is 0 Å². The van der Waals surface area contributed by atoms with Gasteiger partial charge in [0, 0.05) is 5.88 Å². The second-order valence-electron chi connectivity index (χ2n) is 2.75. The largest absolute Gasteiger partial charge is 0.417 e. The maximum Gasteiger partial charge on any atom is 0.417 e. The van der Waals surface area contributed by atoms with Gasteiger partial charge in [-0.25, -0.2) is 0 Å². The Hall–Kier alpha value is -0.410. The maximum atomic E-state index is 12.4. The third kappa shape index (κ3) is 2.79. The van der Waals surface area contributed by atoms with Crippen molar-refractivity contribution in [3.63, 3.8) is 0 Å². The van der Waals surface area contributed by atoms with Gasteiger partial charge in [-0.15, -0.1) is 11.6 Å². The number of hydrogen-bond acceptors (Lipinski definition) is 0. The van der Waals surface area contributed by atoms with Crippen molar-refractivity contribution in [3.05, 3.63) is 34.3 Å². The van der Waals surface area contributed by atoms with Crippen LogP contribution in [-0.2, 0) is 12.6 Å². The summed E-state index contributed by atoms with van der Waals surface area (Å²) >= 11 is 10.9. The van der Waals surface area contributed by atoms with E-state index in [4.69, 9.17) is 23.2 Å². The highest BCUT2D eigenvalue weighted by Gasteiger charge is 2.33. The summed E-state index contributed by atoms with van der Waals surface area (Å²) in [5.41, 5.74) is -0.265. The lowest BCUT2D eigenvalue weighted by Gasteiger charge is -2.10. The van der Waals surface area contributed by atoms with E-state index in [0.717, 1.165) is 6.07 Å². The first-order valence-electron chi connectivity index (χ1n) is 3.86. The average Bonchev–Trinajstić information content (AvgIpc) is 2.07. The molecule has 0 nitrogen and oxygen atoms in total. The van der Waals surface area contributed by atoms with Gasteiger partial charge in [-0.2, -0.15) is 13.2 Å². The molecule has 5 heteroatoms. The minimum atomic E-state index is -4.40. The van der Waals surface area contributed by atoms with Crippen LogP contribution >= 0.6 is 23.2 Å². The highest BCUT2D eigenvalue weighted by Crippen LogP contribution is 2.35. The molecule has 0 amide bonds. The van der Waals surface area contributed by atoms with Gasteiger partial charge in [0.25, 0.3) is 0 Å². The second-order valence-corrected chi connectivity index (χ2v) is 3.54. The van der Waals surface area contributed by atoms with Gasteiger partial charge in [0.1, 0.15) is 0 Å². The molecule has 0 aliphatic rings. The quantitative estimate of drug-likeness (QED) is 0.684. The van der Waals surface area contributed by atoms with Gasteiger partial charge in [-0.1, -0.05) is 17.7 Å². The summed E-state index contributed by atoms with van der Waals surface area (Å²) in [4.78, 5) is 0. The van der Waals surface area contributed by atoms with Crippen LogP contribution in [0.4, 0.5) is 13.2 Å². The van der Waals surface area contributed by atoms with E-state index in [9.17, 15) is 13.2 Å². The van der Waals surface area contributed by atoms with Crippen molar-refractivity contribution in [1.29, 1.82) is 0 Å². The molecular formula is C9H7Cl2F3. The van der Waals surface area contributed by atoms with Gasteiger partial charge < -0.3 is 0 Å². The Kier molecular flexibility index (Phi) is 3.67. The van der Waals surface area contributed by atoms with Crippen LogP contribution in [0.25, 0.3) is 0 Å². The van der Waals surface area contributed by atoms with Crippen molar-refractivity contribution in [3.8, 4) is 0 Å². The van der Waals surface area contributed by atoms with E-state index >= 15 is 0 Å². The Morgan fingerprint density at radius 2 is 1.86 bits per heavy atom. The normalized spacial score (nSPS) is 11.8. The molecule has 0 aliphatic carbocycles. The first kappa shape index (κ1) is 11.7. The molecule has 14 heavy (non-hydrogen) atoms. The monoisotopic (exact) mass is 242 g/mol. The third-order valence-electron chi connectivity index (χ3n) is 1.72. The van der Waals surface area contributed by atoms with E-state index in [1.165, 1.54) is 6.07 Å². The molecule has 0 spiro atoms. The first-order chi connectivity index (χ1) is 6.45. The Morgan fingerprint density at radius 1 is 1.21 bits per heavy atom. The van der Waals surface area contributed by atoms with Crippen LogP contribution in [-0.4, -0.2) is 5.88 Å². The number of aryl methyl sites for hydroxylation is 1. The number of alkyl halides is 4. The summed E-state index contributed by atoms with van der Waals surface area (Å²) in [6.07, 6.45) is -4.00. The van der Waals surface area contributed by atoms with Gasteiger partial charge in [-0.05, 0) is 24.1 Å². The van der Waals surface area contributed by atoms with Crippen LogP contribution in [0.15, 0.2) is 18.2 Å². The van der Waals surface area contributed by atoms with Gasteiger partial charge in [-0.3, -0.25) is 0 Å². The summed E-state index contributed by atoms with van der Waals surface area (Å²) in [6.45, 7) is 0. The maximum absolute atomic E-state index is 12.4. The Labute approximate surface area is 89.6 Å². The van der Waals surface area contributed by atoms with Gasteiger partial charge in [0.15, 0.2) is 0 Å². The number of rotatable bonds is 2. The van der Waals surface area contributed by atoms with Crippen molar-refractivity contribution in [2.45, 2.75) is 12.6 Å². The van der Waals surface area contributed by atoms with Crippen LogP contribution in [0.2, 0.25) is 5.02 Å². The first-order valence-corrected chi connectivity index (χ1v) is 4.78. The van der Waals surface area contributed by atoms with Crippen LogP contribution in [0.5, 0.6) is 0 Å². The molecule has 0 atom stereocenters. The molecule has 0 saturated heterocycles. The molecule has 1 aromatic carbocycles.